The number of hydrogen-bond donors (Lipinski definition) is 1. The fourth-order valence-corrected chi connectivity index (χ4v) is 2.93. The third-order valence-electron chi connectivity index (χ3n) is 4.73. The quantitative estimate of drug-likeness (QED) is 0.709. The SMILES string of the molecule is CC[C@@H](Oc1cccc(C)c1C)C(=O)NCc1ccc(OC)c(OC)c1OC. The van der Waals surface area contributed by atoms with Crippen LogP contribution in [0.1, 0.15) is 30.0 Å². The summed E-state index contributed by atoms with van der Waals surface area (Å²) in [5.41, 5.74) is 2.95. The van der Waals surface area contributed by atoms with Crippen LogP contribution in [0.2, 0.25) is 0 Å². The molecule has 6 nitrogen and oxygen atoms in total. The lowest BCUT2D eigenvalue weighted by atomic mass is 10.1. The number of rotatable bonds is 9. The summed E-state index contributed by atoms with van der Waals surface area (Å²) >= 11 is 0. The van der Waals surface area contributed by atoms with Crippen LogP contribution < -0.4 is 24.3 Å². The smallest absolute Gasteiger partial charge is 0.261 e. The second-order valence-electron chi connectivity index (χ2n) is 6.42. The molecule has 0 spiro atoms. The molecule has 6 heteroatoms. The maximum Gasteiger partial charge on any atom is 0.261 e. The van der Waals surface area contributed by atoms with Gasteiger partial charge in [-0.15, -0.1) is 0 Å². The molecule has 0 aromatic heterocycles. The molecule has 0 aliphatic rings. The molecule has 2 aromatic carbocycles. The minimum absolute atomic E-state index is 0.180. The van der Waals surface area contributed by atoms with Crippen molar-refractivity contribution in [3.63, 3.8) is 0 Å². The van der Waals surface area contributed by atoms with E-state index in [0.29, 0.717) is 23.7 Å². The third-order valence-corrected chi connectivity index (χ3v) is 4.73. The van der Waals surface area contributed by atoms with Crippen molar-refractivity contribution >= 4 is 5.91 Å². The molecule has 1 amide bonds. The molecule has 1 atom stereocenters. The first-order valence-corrected chi connectivity index (χ1v) is 9.25. The van der Waals surface area contributed by atoms with Crippen LogP contribution in [0.3, 0.4) is 0 Å². The monoisotopic (exact) mass is 387 g/mol. The fourth-order valence-electron chi connectivity index (χ4n) is 2.93. The van der Waals surface area contributed by atoms with Crippen molar-refractivity contribution in [1.29, 1.82) is 0 Å². The van der Waals surface area contributed by atoms with Gasteiger partial charge < -0.3 is 24.3 Å². The summed E-state index contributed by atoms with van der Waals surface area (Å²) in [4.78, 5) is 12.7. The van der Waals surface area contributed by atoms with E-state index in [9.17, 15) is 4.79 Å². The number of hydrogen-bond acceptors (Lipinski definition) is 5. The zero-order chi connectivity index (χ0) is 20.7. The van der Waals surface area contributed by atoms with Gasteiger partial charge in [0.05, 0.1) is 21.3 Å². The number of aryl methyl sites for hydroxylation is 1. The van der Waals surface area contributed by atoms with Gasteiger partial charge in [0.25, 0.3) is 5.91 Å². The van der Waals surface area contributed by atoms with Crippen molar-refractivity contribution in [2.45, 2.75) is 39.8 Å². The maximum absolute atomic E-state index is 12.7. The van der Waals surface area contributed by atoms with E-state index >= 15 is 0 Å². The van der Waals surface area contributed by atoms with E-state index in [4.69, 9.17) is 18.9 Å². The predicted molar refractivity (Wildman–Crippen MR) is 109 cm³/mol. The molecule has 2 aromatic rings. The summed E-state index contributed by atoms with van der Waals surface area (Å²) in [6.07, 6.45) is -0.0194. The predicted octanol–water partition coefficient (Wildman–Crippen LogP) is 3.80. The number of ether oxygens (including phenoxy) is 4. The van der Waals surface area contributed by atoms with Gasteiger partial charge >= 0.3 is 0 Å². The summed E-state index contributed by atoms with van der Waals surface area (Å²) in [7, 11) is 4.67. The van der Waals surface area contributed by atoms with Gasteiger partial charge in [0.15, 0.2) is 17.6 Å². The Balaban J connectivity index is 2.12. The Labute approximate surface area is 166 Å². The van der Waals surface area contributed by atoms with E-state index in [1.165, 1.54) is 0 Å². The normalized spacial score (nSPS) is 11.5. The van der Waals surface area contributed by atoms with E-state index in [2.05, 4.69) is 5.32 Å². The van der Waals surface area contributed by atoms with Gasteiger partial charge in [0.2, 0.25) is 5.75 Å². The fraction of sp³-hybridized carbons (Fsp3) is 0.409. The highest BCUT2D eigenvalue weighted by molar-refractivity contribution is 5.81. The standard InChI is InChI=1S/C22H29NO5/c1-7-17(28-18-10-8-9-14(2)15(18)3)22(24)23-13-16-11-12-19(25-4)21(27-6)20(16)26-5/h8-12,17H,7,13H2,1-6H3,(H,23,24)/t17-/m1/s1. The van der Waals surface area contributed by atoms with Gasteiger partial charge in [-0.1, -0.05) is 19.1 Å². The van der Waals surface area contributed by atoms with Gasteiger partial charge in [0, 0.05) is 12.1 Å². The Morgan fingerprint density at radius 2 is 1.68 bits per heavy atom. The van der Waals surface area contributed by atoms with Crippen molar-refractivity contribution in [2.75, 3.05) is 21.3 Å². The number of benzene rings is 2. The Kier molecular flexibility index (Phi) is 7.55. The first-order chi connectivity index (χ1) is 13.5. The van der Waals surface area contributed by atoms with Crippen LogP contribution in [0.5, 0.6) is 23.0 Å². The number of nitrogens with one attached hydrogen (secondary N) is 1. The number of carbonyl (C=O) groups excluding carboxylic acids is 1. The lowest BCUT2D eigenvalue weighted by Crippen LogP contribution is -2.37. The van der Waals surface area contributed by atoms with E-state index in [-0.39, 0.29) is 12.5 Å². The van der Waals surface area contributed by atoms with Crippen molar-refractivity contribution in [3.8, 4) is 23.0 Å². The first kappa shape index (κ1) is 21.4. The minimum Gasteiger partial charge on any atom is -0.493 e. The molecule has 0 aliphatic carbocycles. The molecule has 28 heavy (non-hydrogen) atoms. The van der Waals surface area contributed by atoms with Crippen LogP contribution >= 0.6 is 0 Å². The highest BCUT2D eigenvalue weighted by Crippen LogP contribution is 2.39. The molecule has 0 heterocycles. The van der Waals surface area contributed by atoms with Crippen LogP contribution in [0, 0.1) is 13.8 Å². The van der Waals surface area contributed by atoms with Crippen LogP contribution in [0.15, 0.2) is 30.3 Å². The van der Waals surface area contributed by atoms with Gasteiger partial charge in [-0.2, -0.15) is 0 Å². The molecular formula is C22H29NO5. The summed E-state index contributed by atoms with van der Waals surface area (Å²) in [5, 5.41) is 2.93. The molecule has 0 saturated carbocycles. The Morgan fingerprint density at radius 3 is 2.29 bits per heavy atom. The van der Waals surface area contributed by atoms with Crippen molar-refractivity contribution in [3.05, 3.63) is 47.0 Å². The molecule has 0 aliphatic heterocycles. The minimum atomic E-state index is -0.577. The highest BCUT2D eigenvalue weighted by Gasteiger charge is 2.21. The molecule has 2 rings (SSSR count). The van der Waals surface area contributed by atoms with Crippen LogP contribution in [0.4, 0.5) is 0 Å². The van der Waals surface area contributed by atoms with Crippen molar-refractivity contribution < 1.29 is 23.7 Å². The van der Waals surface area contributed by atoms with Gasteiger partial charge in [-0.3, -0.25) is 4.79 Å². The zero-order valence-corrected chi connectivity index (χ0v) is 17.4. The Bertz CT molecular complexity index is 819. The molecule has 0 unspecified atom stereocenters. The number of carbonyl (C=O) groups is 1. The number of methoxy groups -OCH3 is 3. The summed E-state index contributed by atoms with van der Waals surface area (Å²) in [5.74, 6) is 2.14. The van der Waals surface area contributed by atoms with Crippen LogP contribution in [-0.2, 0) is 11.3 Å². The summed E-state index contributed by atoms with van der Waals surface area (Å²) in [6.45, 7) is 6.22. The average molecular weight is 387 g/mol. The third kappa shape index (κ3) is 4.68. The average Bonchev–Trinajstić information content (AvgIpc) is 2.71. The van der Waals surface area contributed by atoms with E-state index in [0.717, 1.165) is 22.4 Å². The summed E-state index contributed by atoms with van der Waals surface area (Å²) in [6, 6.07) is 9.46. The lowest BCUT2D eigenvalue weighted by molar-refractivity contribution is -0.128. The Hall–Kier alpha value is -2.89. The lowest BCUT2D eigenvalue weighted by Gasteiger charge is -2.20. The highest BCUT2D eigenvalue weighted by atomic mass is 16.5. The van der Waals surface area contributed by atoms with E-state index < -0.39 is 6.10 Å². The largest absolute Gasteiger partial charge is 0.493 e. The number of amides is 1. The molecule has 0 saturated heterocycles. The van der Waals surface area contributed by atoms with Crippen LogP contribution in [0.25, 0.3) is 0 Å². The van der Waals surface area contributed by atoms with Gasteiger partial charge in [-0.05, 0) is 49.6 Å². The topological polar surface area (TPSA) is 66.0 Å². The molecule has 152 valence electrons. The molecule has 1 N–H and O–H groups in total. The molecular weight excluding hydrogens is 358 g/mol. The van der Waals surface area contributed by atoms with Crippen molar-refractivity contribution in [2.24, 2.45) is 0 Å². The van der Waals surface area contributed by atoms with Crippen LogP contribution in [-0.4, -0.2) is 33.3 Å². The first-order valence-electron chi connectivity index (χ1n) is 9.25. The van der Waals surface area contributed by atoms with Gasteiger partial charge in [-0.25, -0.2) is 0 Å². The molecule has 0 bridgehead atoms. The summed E-state index contributed by atoms with van der Waals surface area (Å²) < 4.78 is 22.1. The zero-order valence-electron chi connectivity index (χ0n) is 17.4. The molecule has 0 radical (unpaired) electrons. The Morgan fingerprint density at radius 1 is 0.964 bits per heavy atom. The van der Waals surface area contributed by atoms with E-state index in [1.807, 2.05) is 45.0 Å². The van der Waals surface area contributed by atoms with E-state index in [1.54, 1.807) is 27.4 Å². The second-order valence-corrected chi connectivity index (χ2v) is 6.42. The molecule has 0 fully saturated rings. The van der Waals surface area contributed by atoms with Crippen molar-refractivity contribution in [1.82, 2.24) is 5.32 Å². The maximum atomic E-state index is 12.7. The van der Waals surface area contributed by atoms with Gasteiger partial charge in [0.1, 0.15) is 5.75 Å². The second kappa shape index (κ2) is 9.88.